The zero-order valence-electron chi connectivity index (χ0n) is 10.2. The van der Waals surface area contributed by atoms with Crippen molar-refractivity contribution in [2.24, 2.45) is 5.73 Å². The molecule has 2 aromatic rings. The second-order valence-corrected chi connectivity index (χ2v) is 5.51. The van der Waals surface area contributed by atoms with Crippen LogP contribution < -0.4 is 5.73 Å². The Bertz CT molecular complexity index is 421. The Hall–Kier alpha value is -1.12. The van der Waals surface area contributed by atoms with Gasteiger partial charge in [-0.05, 0) is 35.8 Å². The van der Waals surface area contributed by atoms with Gasteiger partial charge < -0.3 is 5.73 Å². The van der Waals surface area contributed by atoms with Crippen molar-refractivity contribution < 1.29 is 0 Å². The largest absolute Gasteiger partial charge is 0.327 e. The van der Waals surface area contributed by atoms with E-state index in [2.05, 4.69) is 48.7 Å². The van der Waals surface area contributed by atoms with Gasteiger partial charge in [0.1, 0.15) is 0 Å². The van der Waals surface area contributed by atoms with Crippen molar-refractivity contribution in [2.45, 2.75) is 31.7 Å². The number of rotatable bonds is 5. The molecule has 90 valence electrons. The van der Waals surface area contributed by atoms with Gasteiger partial charge in [0.05, 0.1) is 0 Å². The van der Waals surface area contributed by atoms with E-state index < -0.39 is 0 Å². The third-order valence-electron chi connectivity index (χ3n) is 3.27. The van der Waals surface area contributed by atoms with Gasteiger partial charge in [0.25, 0.3) is 0 Å². The molecule has 17 heavy (non-hydrogen) atoms. The molecule has 2 unspecified atom stereocenters. The summed E-state index contributed by atoms with van der Waals surface area (Å²) < 4.78 is 0. The number of aryl methyl sites for hydroxylation is 1. The standard InChI is InChI=1S/C15H19NS/c1-12(13-6-3-2-4-7-13)15(16)10-9-14-8-5-11-17-14/h2-8,11-12,15H,9-10,16H2,1H3. The van der Waals surface area contributed by atoms with E-state index >= 15 is 0 Å². The predicted molar refractivity (Wildman–Crippen MR) is 75.5 cm³/mol. The Balaban J connectivity index is 1.89. The maximum Gasteiger partial charge on any atom is 0.0109 e. The molecule has 0 saturated heterocycles. The van der Waals surface area contributed by atoms with Crippen LogP contribution in [0, 0.1) is 0 Å². The van der Waals surface area contributed by atoms with E-state index in [-0.39, 0.29) is 6.04 Å². The molecule has 0 aliphatic rings. The summed E-state index contributed by atoms with van der Waals surface area (Å²) in [6.07, 6.45) is 2.15. The summed E-state index contributed by atoms with van der Waals surface area (Å²) in [7, 11) is 0. The molecule has 2 atom stereocenters. The van der Waals surface area contributed by atoms with Crippen molar-refractivity contribution >= 4 is 11.3 Å². The van der Waals surface area contributed by atoms with Gasteiger partial charge in [-0.25, -0.2) is 0 Å². The van der Waals surface area contributed by atoms with Crippen molar-refractivity contribution in [3.8, 4) is 0 Å². The lowest BCUT2D eigenvalue weighted by Gasteiger charge is -2.20. The fourth-order valence-electron chi connectivity index (χ4n) is 2.02. The van der Waals surface area contributed by atoms with Crippen LogP contribution in [0.4, 0.5) is 0 Å². The van der Waals surface area contributed by atoms with Gasteiger partial charge >= 0.3 is 0 Å². The highest BCUT2D eigenvalue weighted by atomic mass is 32.1. The normalized spacial score (nSPS) is 14.5. The Kier molecular flexibility index (Phi) is 4.35. The average Bonchev–Trinajstić information content (AvgIpc) is 2.89. The van der Waals surface area contributed by atoms with E-state index in [1.165, 1.54) is 10.4 Å². The smallest absolute Gasteiger partial charge is 0.0109 e. The Morgan fingerprint density at radius 3 is 2.53 bits per heavy atom. The van der Waals surface area contributed by atoms with E-state index in [0.717, 1.165) is 12.8 Å². The van der Waals surface area contributed by atoms with Crippen LogP contribution in [0.2, 0.25) is 0 Å². The monoisotopic (exact) mass is 245 g/mol. The van der Waals surface area contributed by atoms with Crippen molar-refractivity contribution in [1.29, 1.82) is 0 Å². The molecule has 0 spiro atoms. The number of benzene rings is 1. The summed E-state index contributed by atoms with van der Waals surface area (Å²) in [6, 6.07) is 15.1. The lowest BCUT2D eigenvalue weighted by atomic mass is 9.91. The van der Waals surface area contributed by atoms with Crippen LogP contribution in [0.3, 0.4) is 0 Å². The Labute approximate surface area is 107 Å². The summed E-state index contributed by atoms with van der Waals surface area (Å²) in [5, 5.41) is 2.13. The minimum atomic E-state index is 0.236. The number of nitrogens with two attached hydrogens (primary N) is 1. The van der Waals surface area contributed by atoms with Crippen LogP contribution in [0.25, 0.3) is 0 Å². The molecule has 2 rings (SSSR count). The first kappa shape index (κ1) is 12.3. The van der Waals surface area contributed by atoms with Crippen LogP contribution >= 0.6 is 11.3 Å². The number of hydrogen-bond acceptors (Lipinski definition) is 2. The topological polar surface area (TPSA) is 26.0 Å². The van der Waals surface area contributed by atoms with Crippen molar-refractivity contribution in [1.82, 2.24) is 0 Å². The van der Waals surface area contributed by atoms with Gasteiger partial charge in [-0.3, -0.25) is 0 Å². The first-order chi connectivity index (χ1) is 8.27. The highest BCUT2D eigenvalue weighted by molar-refractivity contribution is 7.09. The van der Waals surface area contributed by atoms with Crippen molar-refractivity contribution in [3.05, 3.63) is 58.3 Å². The molecule has 0 aliphatic carbocycles. The fraction of sp³-hybridized carbons (Fsp3) is 0.333. The summed E-state index contributed by atoms with van der Waals surface area (Å²) in [4.78, 5) is 1.43. The maximum atomic E-state index is 6.27. The number of thiophene rings is 1. The molecule has 1 aromatic heterocycles. The molecule has 0 aliphatic heterocycles. The molecule has 1 aromatic carbocycles. The summed E-state index contributed by atoms with van der Waals surface area (Å²) in [5.41, 5.74) is 7.61. The zero-order chi connectivity index (χ0) is 12.1. The fourth-order valence-corrected chi connectivity index (χ4v) is 2.74. The molecule has 1 nitrogen and oxygen atoms in total. The average molecular weight is 245 g/mol. The van der Waals surface area contributed by atoms with E-state index in [1.807, 2.05) is 17.4 Å². The van der Waals surface area contributed by atoms with Crippen molar-refractivity contribution in [2.75, 3.05) is 0 Å². The van der Waals surface area contributed by atoms with Gasteiger partial charge in [-0.2, -0.15) is 0 Å². The third-order valence-corrected chi connectivity index (χ3v) is 4.21. The highest BCUT2D eigenvalue weighted by Gasteiger charge is 2.14. The second-order valence-electron chi connectivity index (χ2n) is 4.48. The van der Waals surface area contributed by atoms with E-state index in [9.17, 15) is 0 Å². The molecule has 1 heterocycles. The SMILES string of the molecule is CC(c1ccccc1)C(N)CCc1cccs1. The van der Waals surface area contributed by atoms with Gasteiger partial charge in [0, 0.05) is 10.9 Å². The zero-order valence-corrected chi connectivity index (χ0v) is 11.0. The summed E-state index contributed by atoms with van der Waals surface area (Å²) in [5.74, 6) is 0.427. The van der Waals surface area contributed by atoms with Gasteiger partial charge in [-0.15, -0.1) is 11.3 Å². The van der Waals surface area contributed by atoms with Crippen LogP contribution in [0.5, 0.6) is 0 Å². The second kappa shape index (κ2) is 5.99. The molecular weight excluding hydrogens is 226 g/mol. The van der Waals surface area contributed by atoms with E-state index in [0.29, 0.717) is 5.92 Å². The highest BCUT2D eigenvalue weighted by Crippen LogP contribution is 2.21. The third kappa shape index (κ3) is 3.42. The summed E-state index contributed by atoms with van der Waals surface area (Å²) in [6.45, 7) is 2.22. The molecule has 0 fully saturated rings. The van der Waals surface area contributed by atoms with E-state index in [4.69, 9.17) is 5.73 Å². The predicted octanol–water partition coefficient (Wildman–Crippen LogP) is 3.81. The molecule has 0 bridgehead atoms. The van der Waals surface area contributed by atoms with Crippen LogP contribution in [-0.4, -0.2) is 6.04 Å². The Morgan fingerprint density at radius 1 is 1.12 bits per heavy atom. The molecular formula is C15H19NS. The van der Waals surface area contributed by atoms with Gasteiger partial charge in [0.15, 0.2) is 0 Å². The first-order valence-electron chi connectivity index (χ1n) is 6.10. The molecule has 0 saturated carbocycles. The van der Waals surface area contributed by atoms with Crippen molar-refractivity contribution in [3.63, 3.8) is 0 Å². The minimum absolute atomic E-state index is 0.236. The molecule has 2 heteroatoms. The summed E-state index contributed by atoms with van der Waals surface area (Å²) >= 11 is 1.82. The molecule has 0 amide bonds. The molecule has 0 radical (unpaired) electrons. The maximum absolute atomic E-state index is 6.27. The van der Waals surface area contributed by atoms with Crippen LogP contribution in [0.1, 0.15) is 29.7 Å². The first-order valence-corrected chi connectivity index (χ1v) is 6.98. The lowest BCUT2D eigenvalue weighted by molar-refractivity contribution is 0.530. The van der Waals surface area contributed by atoms with Gasteiger partial charge in [-0.1, -0.05) is 43.3 Å². The van der Waals surface area contributed by atoms with Gasteiger partial charge in [0.2, 0.25) is 0 Å². The van der Waals surface area contributed by atoms with Crippen LogP contribution in [-0.2, 0) is 6.42 Å². The van der Waals surface area contributed by atoms with E-state index in [1.54, 1.807) is 0 Å². The quantitative estimate of drug-likeness (QED) is 0.851. The number of hydrogen-bond donors (Lipinski definition) is 1. The molecule has 2 N–H and O–H groups in total. The van der Waals surface area contributed by atoms with Crippen LogP contribution in [0.15, 0.2) is 47.8 Å². The minimum Gasteiger partial charge on any atom is -0.327 e. The Morgan fingerprint density at radius 2 is 1.88 bits per heavy atom. The lowest BCUT2D eigenvalue weighted by Crippen LogP contribution is -2.27.